The van der Waals surface area contributed by atoms with E-state index in [1.807, 2.05) is 30.4 Å². The number of allylic oxidation sites excluding steroid dienone is 2. The highest BCUT2D eigenvalue weighted by Gasteiger charge is 2.12. The van der Waals surface area contributed by atoms with E-state index in [-0.39, 0.29) is 0 Å². The predicted molar refractivity (Wildman–Crippen MR) is 77.3 cm³/mol. The van der Waals surface area contributed by atoms with Gasteiger partial charge in [0.05, 0.1) is 27.1 Å². The number of halogens is 2. The Hall–Kier alpha value is -1.91. The number of H-pyrrole nitrogens is 1. The van der Waals surface area contributed by atoms with Gasteiger partial charge < -0.3 is 5.43 Å². The number of nitrogens with one attached hydrogen (secondary N) is 3. The number of hydrazine groups is 1. The summed E-state index contributed by atoms with van der Waals surface area (Å²) in [5, 5.41) is 7.86. The minimum absolute atomic E-state index is 0.531. The van der Waals surface area contributed by atoms with Gasteiger partial charge >= 0.3 is 0 Å². The van der Waals surface area contributed by atoms with Gasteiger partial charge in [-0.15, -0.1) is 0 Å². The van der Waals surface area contributed by atoms with Crippen LogP contribution in [0.1, 0.15) is 11.3 Å². The largest absolute Gasteiger partial charge is 0.300 e. The Labute approximate surface area is 120 Å². The van der Waals surface area contributed by atoms with Gasteiger partial charge in [-0.25, -0.2) is 0 Å². The van der Waals surface area contributed by atoms with E-state index in [1.54, 1.807) is 12.3 Å². The number of aromatic amines is 1. The minimum atomic E-state index is 0.531. The SMILES string of the molecule is Clc1cccc(C2=CC=C(c3ccn[nH]3)NN2)c1Cl. The molecule has 1 aromatic heterocycles. The van der Waals surface area contributed by atoms with Crippen molar-refractivity contribution >= 4 is 34.6 Å². The molecule has 0 spiro atoms. The fraction of sp³-hybridized carbons (Fsp3) is 0. The molecule has 6 heteroatoms. The minimum Gasteiger partial charge on any atom is -0.300 e. The average molecular weight is 293 g/mol. The fourth-order valence-electron chi connectivity index (χ4n) is 1.82. The second-order valence-electron chi connectivity index (χ2n) is 3.98. The molecule has 1 aliphatic heterocycles. The molecular weight excluding hydrogens is 283 g/mol. The van der Waals surface area contributed by atoms with Crippen molar-refractivity contribution in [3.05, 3.63) is 63.9 Å². The maximum absolute atomic E-state index is 6.19. The van der Waals surface area contributed by atoms with Crippen LogP contribution >= 0.6 is 23.2 Å². The third kappa shape index (κ3) is 2.32. The normalized spacial score (nSPS) is 14.2. The van der Waals surface area contributed by atoms with Gasteiger partial charge in [-0.1, -0.05) is 35.3 Å². The van der Waals surface area contributed by atoms with Crippen LogP contribution in [0.3, 0.4) is 0 Å². The molecule has 1 aromatic carbocycles. The summed E-state index contributed by atoms with van der Waals surface area (Å²) < 4.78 is 0. The van der Waals surface area contributed by atoms with Crippen LogP contribution in [0.4, 0.5) is 0 Å². The van der Waals surface area contributed by atoms with Gasteiger partial charge in [-0.05, 0) is 24.3 Å². The molecule has 0 bridgehead atoms. The molecule has 4 nitrogen and oxygen atoms in total. The first-order valence-corrected chi connectivity index (χ1v) is 6.39. The van der Waals surface area contributed by atoms with Gasteiger partial charge in [0.15, 0.2) is 0 Å². The zero-order valence-electron chi connectivity index (χ0n) is 9.74. The van der Waals surface area contributed by atoms with Crippen molar-refractivity contribution in [1.82, 2.24) is 21.0 Å². The second-order valence-corrected chi connectivity index (χ2v) is 4.77. The zero-order chi connectivity index (χ0) is 13.2. The maximum atomic E-state index is 6.19. The van der Waals surface area contributed by atoms with Crippen LogP contribution in [-0.4, -0.2) is 10.2 Å². The Morgan fingerprint density at radius 3 is 2.42 bits per heavy atom. The van der Waals surface area contributed by atoms with Crippen molar-refractivity contribution in [3.63, 3.8) is 0 Å². The second kappa shape index (κ2) is 4.99. The lowest BCUT2D eigenvalue weighted by Gasteiger charge is -2.19. The molecule has 3 rings (SSSR count). The van der Waals surface area contributed by atoms with E-state index in [9.17, 15) is 0 Å². The lowest BCUT2D eigenvalue weighted by Crippen LogP contribution is -2.31. The van der Waals surface area contributed by atoms with E-state index >= 15 is 0 Å². The van der Waals surface area contributed by atoms with Crippen LogP contribution < -0.4 is 10.9 Å². The van der Waals surface area contributed by atoms with E-state index in [4.69, 9.17) is 23.2 Å². The average Bonchev–Trinajstić information content (AvgIpc) is 2.96. The fourth-order valence-corrected chi connectivity index (χ4v) is 2.22. The summed E-state index contributed by atoms with van der Waals surface area (Å²) >= 11 is 12.2. The zero-order valence-corrected chi connectivity index (χ0v) is 11.3. The molecule has 3 N–H and O–H groups in total. The van der Waals surface area contributed by atoms with Gasteiger partial charge in [-0.3, -0.25) is 10.5 Å². The van der Waals surface area contributed by atoms with Gasteiger partial charge in [-0.2, -0.15) is 5.10 Å². The Bertz CT molecular complexity index is 659. The molecule has 19 heavy (non-hydrogen) atoms. The van der Waals surface area contributed by atoms with E-state index in [0.717, 1.165) is 22.7 Å². The molecule has 0 fully saturated rings. The summed E-state index contributed by atoms with van der Waals surface area (Å²) in [4.78, 5) is 0. The van der Waals surface area contributed by atoms with Gasteiger partial charge in [0, 0.05) is 11.8 Å². The molecule has 0 amide bonds. The molecule has 2 heterocycles. The third-order valence-electron chi connectivity index (χ3n) is 2.78. The van der Waals surface area contributed by atoms with Crippen molar-refractivity contribution in [2.45, 2.75) is 0 Å². The third-order valence-corrected chi connectivity index (χ3v) is 3.60. The van der Waals surface area contributed by atoms with E-state index in [2.05, 4.69) is 21.0 Å². The van der Waals surface area contributed by atoms with Crippen LogP contribution in [0.25, 0.3) is 11.4 Å². The summed E-state index contributed by atoms with van der Waals surface area (Å²) in [5.41, 5.74) is 9.69. The van der Waals surface area contributed by atoms with Crippen LogP contribution in [0, 0.1) is 0 Å². The van der Waals surface area contributed by atoms with Gasteiger partial charge in [0.25, 0.3) is 0 Å². The topological polar surface area (TPSA) is 52.7 Å². The molecule has 96 valence electrons. The lowest BCUT2D eigenvalue weighted by molar-refractivity contribution is 0.801. The highest BCUT2D eigenvalue weighted by Crippen LogP contribution is 2.30. The van der Waals surface area contributed by atoms with E-state index in [0.29, 0.717) is 10.0 Å². The Morgan fingerprint density at radius 2 is 1.74 bits per heavy atom. The molecular formula is C13H10Cl2N4. The van der Waals surface area contributed by atoms with E-state index in [1.165, 1.54) is 0 Å². The highest BCUT2D eigenvalue weighted by molar-refractivity contribution is 6.43. The molecule has 0 saturated carbocycles. The predicted octanol–water partition coefficient (Wildman–Crippen LogP) is 3.21. The van der Waals surface area contributed by atoms with Gasteiger partial charge in [0.1, 0.15) is 0 Å². The van der Waals surface area contributed by atoms with Crippen molar-refractivity contribution in [2.24, 2.45) is 0 Å². The van der Waals surface area contributed by atoms with Crippen molar-refractivity contribution in [3.8, 4) is 0 Å². The van der Waals surface area contributed by atoms with Crippen LogP contribution in [0.15, 0.2) is 42.6 Å². The first-order chi connectivity index (χ1) is 9.25. The quantitative estimate of drug-likeness (QED) is 0.797. The number of hydrogen-bond acceptors (Lipinski definition) is 3. The molecule has 0 unspecified atom stereocenters. The Kier molecular flexibility index (Phi) is 3.19. The van der Waals surface area contributed by atoms with Crippen LogP contribution in [0.5, 0.6) is 0 Å². The highest BCUT2D eigenvalue weighted by atomic mass is 35.5. The lowest BCUT2D eigenvalue weighted by atomic mass is 10.1. The maximum Gasteiger partial charge on any atom is 0.0827 e. The van der Waals surface area contributed by atoms with Crippen LogP contribution in [-0.2, 0) is 0 Å². The van der Waals surface area contributed by atoms with Crippen molar-refractivity contribution < 1.29 is 0 Å². The Morgan fingerprint density at radius 1 is 0.947 bits per heavy atom. The monoisotopic (exact) mass is 292 g/mol. The molecule has 0 atom stereocenters. The smallest absolute Gasteiger partial charge is 0.0827 e. The van der Waals surface area contributed by atoms with Crippen molar-refractivity contribution in [1.29, 1.82) is 0 Å². The number of benzene rings is 1. The van der Waals surface area contributed by atoms with Gasteiger partial charge in [0.2, 0.25) is 0 Å². The summed E-state index contributed by atoms with van der Waals surface area (Å²) in [6.45, 7) is 0. The Balaban J connectivity index is 1.94. The molecule has 1 aliphatic rings. The van der Waals surface area contributed by atoms with E-state index < -0.39 is 0 Å². The summed E-state index contributed by atoms with van der Waals surface area (Å²) in [7, 11) is 0. The summed E-state index contributed by atoms with van der Waals surface area (Å²) in [6.07, 6.45) is 5.58. The molecule has 0 saturated heterocycles. The number of nitrogens with zero attached hydrogens (tertiary/aromatic N) is 1. The standard InChI is InChI=1S/C13H10Cl2N4/c14-9-3-1-2-8(13(9)15)10-4-5-11(19-18-10)12-6-7-16-17-12/h1-7,18-19H,(H,16,17). The first kappa shape index (κ1) is 12.1. The molecule has 0 radical (unpaired) electrons. The number of hydrogen-bond donors (Lipinski definition) is 3. The number of aromatic nitrogens is 2. The molecule has 0 aliphatic carbocycles. The summed E-state index contributed by atoms with van der Waals surface area (Å²) in [6, 6.07) is 7.41. The first-order valence-electron chi connectivity index (χ1n) is 5.64. The molecule has 2 aromatic rings. The summed E-state index contributed by atoms with van der Waals surface area (Å²) in [5.74, 6) is 0. The van der Waals surface area contributed by atoms with Crippen molar-refractivity contribution in [2.75, 3.05) is 0 Å². The number of rotatable bonds is 2. The van der Waals surface area contributed by atoms with Crippen LogP contribution in [0.2, 0.25) is 10.0 Å².